The molecule has 2 N–H and O–H groups in total. The van der Waals surface area contributed by atoms with Gasteiger partial charge >= 0.3 is 0 Å². The Hall–Kier alpha value is -0.860. The molecule has 48 valence electrons. The molecule has 0 saturated heterocycles. The van der Waals surface area contributed by atoms with Crippen molar-refractivity contribution in [1.29, 1.82) is 0 Å². The van der Waals surface area contributed by atoms with Crippen molar-refractivity contribution in [2.24, 2.45) is 0 Å². The fourth-order valence-corrected chi connectivity index (χ4v) is 0.688. The van der Waals surface area contributed by atoms with Gasteiger partial charge in [-0.25, -0.2) is 0 Å². The molecular formula is C7H10N2. The quantitative estimate of drug-likeness (QED) is 0.534. The summed E-state index contributed by atoms with van der Waals surface area (Å²) in [5.41, 5.74) is 0.998. The normalized spacial score (nSPS) is 13.1. The van der Waals surface area contributed by atoms with Crippen molar-refractivity contribution in [1.82, 2.24) is 0 Å². The summed E-state index contributed by atoms with van der Waals surface area (Å²) < 4.78 is 0. The van der Waals surface area contributed by atoms with Crippen molar-refractivity contribution in [3.8, 4) is 0 Å². The van der Waals surface area contributed by atoms with Gasteiger partial charge < -0.3 is 10.9 Å². The Balaban J connectivity index is 2.85. The van der Waals surface area contributed by atoms with Crippen LogP contribution in [0, 0.1) is 0 Å². The van der Waals surface area contributed by atoms with Crippen LogP contribution < -0.4 is 5.01 Å². The molecule has 1 atom stereocenters. The fourth-order valence-electron chi connectivity index (χ4n) is 0.688. The molecule has 2 heteroatoms. The van der Waals surface area contributed by atoms with E-state index in [4.69, 9.17) is 5.84 Å². The second kappa shape index (κ2) is 2.62. The highest BCUT2D eigenvalue weighted by Crippen LogP contribution is 1.96. The highest BCUT2D eigenvalue weighted by atomic mass is 15.4. The number of rotatable bonds is 1. The van der Waals surface area contributed by atoms with Gasteiger partial charge in [0.25, 0.3) is 0 Å². The number of para-hydroxylation sites is 1. The molecular weight excluding hydrogens is 112 g/mol. The maximum Gasteiger partial charge on any atom is 0.121 e. The molecule has 0 aliphatic carbocycles. The molecule has 0 saturated carbocycles. The number of hydrogen-bond donors (Lipinski definition) is 1. The van der Waals surface area contributed by atoms with Crippen molar-refractivity contribution in [3.63, 3.8) is 0 Å². The van der Waals surface area contributed by atoms with Gasteiger partial charge in [-0.05, 0) is 12.1 Å². The van der Waals surface area contributed by atoms with E-state index in [9.17, 15) is 0 Å². The Labute approximate surface area is 54.9 Å². The molecule has 0 spiro atoms. The van der Waals surface area contributed by atoms with Gasteiger partial charge in [-0.3, -0.25) is 0 Å². The highest BCUT2D eigenvalue weighted by molar-refractivity contribution is 5.27. The Kier molecular flexibility index (Phi) is 1.82. The van der Waals surface area contributed by atoms with Crippen LogP contribution in [0.5, 0.6) is 0 Å². The van der Waals surface area contributed by atoms with E-state index in [2.05, 4.69) is 0 Å². The minimum absolute atomic E-state index is 0.621. The van der Waals surface area contributed by atoms with Crippen molar-refractivity contribution < 1.29 is 5.01 Å². The van der Waals surface area contributed by atoms with Gasteiger partial charge in [-0.1, -0.05) is 18.2 Å². The SMILES string of the molecule is C[NH+]([NH-])c1ccccc1. The lowest BCUT2D eigenvalue weighted by atomic mass is 10.3. The van der Waals surface area contributed by atoms with Crippen LogP contribution in [0.15, 0.2) is 30.3 Å². The topological polar surface area (TPSA) is 28.2 Å². The van der Waals surface area contributed by atoms with Crippen LogP contribution in [-0.2, 0) is 0 Å². The third kappa shape index (κ3) is 1.52. The molecule has 0 heterocycles. The predicted octanol–water partition coefficient (Wildman–Crippen LogP) is 0.800. The van der Waals surface area contributed by atoms with E-state index in [-0.39, 0.29) is 0 Å². The maximum absolute atomic E-state index is 7.24. The third-order valence-electron chi connectivity index (χ3n) is 1.21. The molecule has 1 rings (SSSR count). The lowest BCUT2D eigenvalue weighted by Gasteiger charge is -2.13. The van der Waals surface area contributed by atoms with Crippen LogP contribution in [-0.4, -0.2) is 7.05 Å². The van der Waals surface area contributed by atoms with E-state index in [1.165, 1.54) is 0 Å². The number of nitrogens with one attached hydrogen (secondary N) is 2. The zero-order valence-corrected chi connectivity index (χ0v) is 5.39. The predicted molar refractivity (Wildman–Crippen MR) is 37.3 cm³/mol. The summed E-state index contributed by atoms with van der Waals surface area (Å²) in [5.74, 6) is 7.24. The van der Waals surface area contributed by atoms with Crippen LogP contribution in [0.4, 0.5) is 5.69 Å². The molecule has 0 aromatic heterocycles. The first-order valence-electron chi connectivity index (χ1n) is 2.91. The summed E-state index contributed by atoms with van der Waals surface area (Å²) in [5, 5.41) is 0.621. The van der Waals surface area contributed by atoms with E-state index in [1.807, 2.05) is 30.3 Å². The van der Waals surface area contributed by atoms with Gasteiger partial charge in [0.15, 0.2) is 0 Å². The molecule has 1 aromatic rings. The van der Waals surface area contributed by atoms with Gasteiger partial charge in [-0.2, -0.15) is 0 Å². The number of hydrogen-bond acceptors (Lipinski definition) is 0. The van der Waals surface area contributed by atoms with Gasteiger partial charge in [0.2, 0.25) is 0 Å². The van der Waals surface area contributed by atoms with Gasteiger partial charge in [0.1, 0.15) is 5.69 Å². The summed E-state index contributed by atoms with van der Waals surface area (Å²) >= 11 is 0. The second-order valence-electron chi connectivity index (χ2n) is 1.99. The first kappa shape index (κ1) is 6.26. The Bertz CT molecular complexity index is 170. The zero-order chi connectivity index (χ0) is 6.69. The molecule has 0 amide bonds. The molecule has 1 unspecified atom stereocenters. The van der Waals surface area contributed by atoms with Crippen LogP contribution in [0.25, 0.3) is 5.84 Å². The maximum atomic E-state index is 7.24. The Morgan fingerprint density at radius 1 is 1.22 bits per heavy atom. The Morgan fingerprint density at radius 2 is 1.78 bits per heavy atom. The summed E-state index contributed by atoms with van der Waals surface area (Å²) in [6.07, 6.45) is 0. The number of benzene rings is 1. The highest BCUT2D eigenvalue weighted by Gasteiger charge is 1.89. The minimum atomic E-state index is 0.621. The van der Waals surface area contributed by atoms with Gasteiger partial charge in [-0.15, -0.1) is 0 Å². The van der Waals surface area contributed by atoms with E-state index >= 15 is 0 Å². The zero-order valence-electron chi connectivity index (χ0n) is 5.39. The summed E-state index contributed by atoms with van der Waals surface area (Å²) in [6.45, 7) is 0. The first-order chi connectivity index (χ1) is 4.30. The van der Waals surface area contributed by atoms with E-state index in [0.29, 0.717) is 5.01 Å². The van der Waals surface area contributed by atoms with Crippen LogP contribution in [0.2, 0.25) is 0 Å². The minimum Gasteiger partial charge on any atom is -0.464 e. The first-order valence-corrected chi connectivity index (χ1v) is 2.91. The summed E-state index contributed by atoms with van der Waals surface area (Å²) in [7, 11) is 1.79. The summed E-state index contributed by atoms with van der Waals surface area (Å²) in [4.78, 5) is 0. The van der Waals surface area contributed by atoms with E-state index in [1.54, 1.807) is 7.05 Å². The van der Waals surface area contributed by atoms with Crippen LogP contribution in [0.1, 0.15) is 0 Å². The molecule has 2 nitrogen and oxygen atoms in total. The monoisotopic (exact) mass is 122 g/mol. The van der Waals surface area contributed by atoms with Crippen molar-refractivity contribution in [2.45, 2.75) is 0 Å². The molecule has 1 aromatic carbocycles. The molecule has 0 radical (unpaired) electrons. The molecule has 0 aliphatic rings. The lowest BCUT2D eigenvalue weighted by Crippen LogP contribution is -2.96. The Morgan fingerprint density at radius 3 is 2.11 bits per heavy atom. The summed E-state index contributed by atoms with van der Waals surface area (Å²) in [6, 6.07) is 9.69. The molecule has 0 bridgehead atoms. The molecule has 0 fully saturated rings. The van der Waals surface area contributed by atoms with Crippen molar-refractivity contribution >= 4 is 5.69 Å². The average molecular weight is 122 g/mol. The van der Waals surface area contributed by atoms with Crippen molar-refractivity contribution in [3.05, 3.63) is 36.2 Å². The third-order valence-corrected chi connectivity index (χ3v) is 1.21. The fraction of sp³-hybridized carbons (Fsp3) is 0.143. The van der Waals surface area contributed by atoms with Crippen molar-refractivity contribution in [2.75, 3.05) is 7.05 Å². The van der Waals surface area contributed by atoms with Crippen LogP contribution >= 0.6 is 0 Å². The standard InChI is InChI=1S/C7H10N2/c1-9(8)7-5-3-2-4-6-7/h2-6,8-9H,1H3. The lowest BCUT2D eigenvalue weighted by molar-refractivity contribution is -0.751. The van der Waals surface area contributed by atoms with Gasteiger partial charge in [0.05, 0.1) is 7.05 Å². The molecule has 9 heavy (non-hydrogen) atoms. The average Bonchev–Trinajstić information content (AvgIpc) is 1.90. The van der Waals surface area contributed by atoms with E-state index < -0.39 is 0 Å². The smallest absolute Gasteiger partial charge is 0.121 e. The second-order valence-corrected chi connectivity index (χ2v) is 1.99. The van der Waals surface area contributed by atoms with E-state index in [0.717, 1.165) is 5.69 Å². The molecule has 0 aliphatic heterocycles. The number of quaternary nitrogens is 1. The largest absolute Gasteiger partial charge is 0.464 e. The van der Waals surface area contributed by atoms with Gasteiger partial charge in [0, 0.05) is 0 Å². The van der Waals surface area contributed by atoms with Crippen LogP contribution in [0.3, 0.4) is 0 Å².